The van der Waals surface area contributed by atoms with Crippen LogP contribution in [-0.4, -0.2) is 31.8 Å². The van der Waals surface area contributed by atoms with Gasteiger partial charge in [0.2, 0.25) is 0 Å². The lowest BCUT2D eigenvalue weighted by Crippen LogP contribution is -2.39. The SMILES string of the molecule is CC[S@](=O)c1ccccc1C(=O)N[C@@H]1CCc2ncc([N+](=O)[O-])cc2C1. The maximum absolute atomic E-state index is 12.7. The normalized spacial score (nSPS) is 17.2. The highest BCUT2D eigenvalue weighted by Crippen LogP contribution is 2.24. The molecule has 26 heavy (non-hydrogen) atoms. The van der Waals surface area contributed by atoms with Gasteiger partial charge in [-0.1, -0.05) is 19.1 Å². The Morgan fingerprint density at radius 1 is 1.42 bits per heavy atom. The summed E-state index contributed by atoms with van der Waals surface area (Å²) in [5.74, 6) is 0.172. The summed E-state index contributed by atoms with van der Waals surface area (Å²) in [6.07, 6.45) is 3.13. The van der Waals surface area contributed by atoms with E-state index in [1.54, 1.807) is 24.3 Å². The molecule has 0 fully saturated rings. The third-order valence-electron chi connectivity index (χ3n) is 4.43. The van der Waals surface area contributed by atoms with Crippen LogP contribution < -0.4 is 5.32 Å². The van der Waals surface area contributed by atoms with Gasteiger partial charge < -0.3 is 5.32 Å². The fourth-order valence-corrected chi connectivity index (χ4v) is 4.05. The number of hydrogen-bond acceptors (Lipinski definition) is 5. The molecule has 0 saturated heterocycles. The molecule has 0 bridgehead atoms. The molecule has 7 nitrogen and oxygen atoms in total. The van der Waals surface area contributed by atoms with Gasteiger partial charge in [0, 0.05) is 23.6 Å². The molecule has 8 heteroatoms. The summed E-state index contributed by atoms with van der Waals surface area (Å²) >= 11 is 0. The number of hydrogen-bond donors (Lipinski definition) is 1. The van der Waals surface area contributed by atoms with Crippen LogP contribution in [0.15, 0.2) is 41.4 Å². The van der Waals surface area contributed by atoms with Crippen LogP contribution in [0.2, 0.25) is 0 Å². The standard InChI is InChI=1S/C18H19N3O4S/c1-2-26(25)17-6-4-3-5-15(17)18(22)20-13-7-8-16-12(9-13)10-14(11-19-16)21(23)24/h3-6,10-11,13H,2,7-9H2,1H3,(H,20,22)/t13-,26+/m1/s1. The Morgan fingerprint density at radius 2 is 2.19 bits per heavy atom. The molecule has 3 rings (SSSR count). The third kappa shape index (κ3) is 3.80. The molecule has 1 heterocycles. The maximum atomic E-state index is 12.7. The molecule has 1 aliphatic carbocycles. The number of pyridine rings is 1. The number of benzene rings is 1. The number of nitrogens with one attached hydrogen (secondary N) is 1. The van der Waals surface area contributed by atoms with E-state index in [9.17, 15) is 19.1 Å². The van der Waals surface area contributed by atoms with Crippen LogP contribution in [0.1, 0.15) is 35.0 Å². The topological polar surface area (TPSA) is 102 Å². The van der Waals surface area contributed by atoms with Crippen molar-refractivity contribution in [1.29, 1.82) is 0 Å². The van der Waals surface area contributed by atoms with E-state index in [4.69, 9.17) is 0 Å². The molecule has 1 aromatic heterocycles. The van der Waals surface area contributed by atoms with Crippen molar-refractivity contribution in [3.63, 3.8) is 0 Å². The zero-order valence-electron chi connectivity index (χ0n) is 14.3. The molecule has 136 valence electrons. The molecule has 1 N–H and O–H groups in total. The molecule has 1 aromatic carbocycles. The van der Waals surface area contributed by atoms with E-state index < -0.39 is 15.7 Å². The Morgan fingerprint density at radius 3 is 2.92 bits per heavy atom. The van der Waals surface area contributed by atoms with E-state index in [1.807, 2.05) is 6.92 Å². The Balaban J connectivity index is 1.77. The number of nitro groups is 1. The number of rotatable bonds is 5. The van der Waals surface area contributed by atoms with Gasteiger partial charge >= 0.3 is 0 Å². The van der Waals surface area contributed by atoms with Gasteiger partial charge in [-0.05, 0) is 37.0 Å². The minimum Gasteiger partial charge on any atom is -0.349 e. The molecule has 0 radical (unpaired) electrons. The summed E-state index contributed by atoms with van der Waals surface area (Å²) in [5.41, 5.74) is 2.00. The highest BCUT2D eigenvalue weighted by Gasteiger charge is 2.24. The highest BCUT2D eigenvalue weighted by atomic mass is 32.2. The van der Waals surface area contributed by atoms with Gasteiger partial charge in [-0.25, -0.2) is 0 Å². The Labute approximate surface area is 153 Å². The van der Waals surface area contributed by atoms with E-state index in [0.717, 1.165) is 11.3 Å². The van der Waals surface area contributed by atoms with Crippen LogP contribution in [-0.2, 0) is 23.6 Å². The molecule has 1 amide bonds. The van der Waals surface area contributed by atoms with Crippen molar-refractivity contribution < 1.29 is 13.9 Å². The van der Waals surface area contributed by atoms with E-state index in [2.05, 4.69) is 10.3 Å². The number of nitrogens with zero attached hydrogens (tertiary/aromatic N) is 2. The summed E-state index contributed by atoms with van der Waals surface area (Å²) in [6, 6.07) is 8.28. The van der Waals surface area contributed by atoms with Gasteiger partial charge in [0.25, 0.3) is 11.6 Å². The molecule has 2 atom stereocenters. The number of carbonyl (C=O) groups is 1. The molecular formula is C18H19N3O4S. The molecule has 0 saturated carbocycles. The second-order valence-corrected chi connectivity index (χ2v) is 7.81. The van der Waals surface area contributed by atoms with Crippen molar-refractivity contribution >= 4 is 22.4 Å². The number of carbonyl (C=O) groups excluding carboxylic acids is 1. The summed E-state index contributed by atoms with van der Waals surface area (Å²) in [5, 5.41) is 13.9. The van der Waals surface area contributed by atoms with E-state index in [-0.39, 0.29) is 17.6 Å². The number of aryl methyl sites for hydroxylation is 1. The van der Waals surface area contributed by atoms with Gasteiger partial charge in [0.1, 0.15) is 6.20 Å². The molecule has 0 unspecified atom stereocenters. The molecular weight excluding hydrogens is 354 g/mol. The summed E-state index contributed by atoms with van der Waals surface area (Å²) in [4.78, 5) is 27.8. The average Bonchev–Trinajstić information content (AvgIpc) is 2.66. The second kappa shape index (κ2) is 7.74. The molecule has 1 aliphatic rings. The van der Waals surface area contributed by atoms with Crippen LogP contribution in [0.3, 0.4) is 0 Å². The molecule has 0 spiro atoms. The van der Waals surface area contributed by atoms with Crippen molar-refractivity contribution in [2.45, 2.75) is 37.1 Å². The van der Waals surface area contributed by atoms with Gasteiger partial charge in [-0.2, -0.15) is 0 Å². The summed E-state index contributed by atoms with van der Waals surface area (Å²) in [7, 11) is -1.22. The van der Waals surface area contributed by atoms with Crippen LogP contribution in [0.25, 0.3) is 0 Å². The Bertz CT molecular complexity index is 884. The quantitative estimate of drug-likeness (QED) is 0.640. The van der Waals surface area contributed by atoms with Crippen LogP contribution in [0.5, 0.6) is 0 Å². The van der Waals surface area contributed by atoms with E-state index in [0.29, 0.717) is 35.5 Å². The third-order valence-corrected chi connectivity index (χ3v) is 5.80. The van der Waals surface area contributed by atoms with Crippen molar-refractivity contribution in [3.8, 4) is 0 Å². The fourth-order valence-electron chi connectivity index (χ4n) is 3.10. The zero-order valence-corrected chi connectivity index (χ0v) is 15.1. The Hall–Kier alpha value is -2.61. The van der Waals surface area contributed by atoms with Crippen LogP contribution in [0, 0.1) is 10.1 Å². The van der Waals surface area contributed by atoms with Crippen molar-refractivity contribution in [2.75, 3.05) is 5.75 Å². The number of aromatic nitrogens is 1. The van der Waals surface area contributed by atoms with E-state index in [1.165, 1.54) is 12.3 Å². The lowest BCUT2D eigenvalue weighted by Gasteiger charge is -2.25. The van der Waals surface area contributed by atoms with Gasteiger partial charge in [0.05, 0.1) is 26.2 Å². The minimum atomic E-state index is -1.22. The summed E-state index contributed by atoms with van der Waals surface area (Å²) < 4.78 is 12.2. The largest absolute Gasteiger partial charge is 0.349 e. The monoisotopic (exact) mass is 373 g/mol. The van der Waals surface area contributed by atoms with Crippen molar-refractivity contribution in [1.82, 2.24) is 10.3 Å². The molecule has 2 aromatic rings. The first-order valence-electron chi connectivity index (χ1n) is 8.40. The lowest BCUT2D eigenvalue weighted by atomic mass is 9.91. The second-order valence-electron chi connectivity index (χ2n) is 6.10. The maximum Gasteiger partial charge on any atom is 0.287 e. The predicted molar refractivity (Wildman–Crippen MR) is 97.6 cm³/mol. The fraction of sp³-hybridized carbons (Fsp3) is 0.333. The first-order chi connectivity index (χ1) is 12.5. The van der Waals surface area contributed by atoms with Gasteiger partial charge in [-0.15, -0.1) is 0 Å². The first kappa shape index (κ1) is 18.2. The number of fused-ring (bicyclic) bond motifs is 1. The predicted octanol–water partition coefficient (Wildman–Crippen LogP) is 2.40. The van der Waals surface area contributed by atoms with Crippen LogP contribution >= 0.6 is 0 Å². The Kier molecular flexibility index (Phi) is 5.41. The van der Waals surface area contributed by atoms with E-state index >= 15 is 0 Å². The minimum absolute atomic E-state index is 0.0422. The zero-order chi connectivity index (χ0) is 18.7. The van der Waals surface area contributed by atoms with Crippen molar-refractivity contribution in [3.05, 3.63) is 63.5 Å². The molecule has 0 aliphatic heterocycles. The smallest absolute Gasteiger partial charge is 0.287 e. The van der Waals surface area contributed by atoms with Crippen molar-refractivity contribution in [2.24, 2.45) is 0 Å². The summed E-state index contributed by atoms with van der Waals surface area (Å²) in [6.45, 7) is 1.81. The lowest BCUT2D eigenvalue weighted by molar-refractivity contribution is -0.385. The first-order valence-corrected chi connectivity index (χ1v) is 9.72. The highest BCUT2D eigenvalue weighted by molar-refractivity contribution is 7.85. The average molecular weight is 373 g/mol. The van der Waals surface area contributed by atoms with Gasteiger partial charge in [0.15, 0.2) is 0 Å². The van der Waals surface area contributed by atoms with Gasteiger partial charge in [-0.3, -0.25) is 24.1 Å². The number of amides is 1. The van der Waals surface area contributed by atoms with Crippen LogP contribution in [0.4, 0.5) is 5.69 Å².